The van der Waals surface area contributed by atoms with Gasteiger partial charge in [0.2, 0.25) is 17.7 Å². The van der Waals surface area contributed by atoms with E-state index in [0.29, 0.717) is 30.5 Å². The molecule has 1 saturated heterocycles. The first-order valence-electron chi connectivity index (χ1n) is 17.8. The largest absolute Gasteiger partial charge is 0.445 e. The molecule has 1 fully saturated rings. The van der Waals surface area contributed by atoms with E-state index in [9.17, 15) is 54.0 Å². The molecule has 1 aromatic rings. The summed E-state index contributed by atoms with van der Waals surface area (Å²) in [4.78, 5) is 88.8. The normalized spacial score (nSPS) is 20.7. The minimum absolute atomic E-state index is 0.104. The molecule has 54 heavy (non-hydrogen) atoms. The maximum Gasteiger partial charge on any atom is 0.410 e. The van der Waals surface area contributed by atoms with Crippen LogP contribution < -0.4 is 27.0 Å². The molecule has 0 aliphatic carbocycles. The number of unbranched alkanes of at least 4 members (excludes halogenated alkanes) is 2. The number of amides is 8. The number of rotatable bonds is 19. The number of hydrogen-bond acceptors (Lipinski definition) is 12. The van der Waals surface area contributed by atoms with Crippen molar-refractivity contribution in [3.63, 3.8) is 0 Å². The number of β-amino-alcohol motifs (C(OH)–C–C–N with tert-alkyl or cyclic N) is 1. The third kappa shape index (κ3) is 12.8. The van der Waals surface area contributed by atoms with Crippen molar-refractivity contribution < 1.29 is 58.7 Å². The van der Waals surface area contributed by atoms with Gasteiger partial charge in [-0.3, -0.25) is 33.8 Å². The van der Waals surface area contributed by atoms with Crippen LogP contribution in [-0.2, 0) is 35.3 Å². The number of imide groups is 1. The van der Waals surface area contributed by atoms with Gasteiger partial charge in [-0.15, -0.1) is 0 Å². The van der Waals surface area contributed by atoms with Crippen molar-refractivity contribution in [2.24, 2.45) is 11.7 Å². The summed E-state index contributed by atoms with van der Waals surface area (Å²) < 4.78 is 5.28. The van der Waals surface area contributed by atoms with Gasteiger partial charge in [0.1, 0.15) is 37.0 Å². The van der Waals surface area contributed by atoms with Crippen LogP contribution in [0.4, 0.5) is 15.3 Å². The van der Waals surface area contributed by atoms with Gasteiger partial charge in [-0.2, -0.15) is 0 Å². The second kappa shape index (κ2) is 21.0. The summed E-state index contributed by atoms with van der Waals surface area (Å²) in [6, 6.07) is 2.21. The lowest BCUT2D eigenvalue weighted by Crippen LogP contribution is -2.63. The highest BCUT2D eigenvalue weighted by atomic mass is 16.6. The first-order valence-corrected chi connectivity index (χ1v) is 17.8. The third-order valence-corrected chi connectivity index (χ3v) is 8.98. The van der Waals surface area contributed by atoms with Gasteiger partial charge in [0.15, 0.2) is 0 Å². The molecule has 0 bridgehead atoms. The van der Waals surface area contributed by atoms with Gasteiger partial charge >= 0.3 is 12.1 Å². The fourth-order valence-electron chi connectivity index (χ4n) is 5.86. The number of urea groups is 1. The second-order valence-corrected chi connectivity index (χ2v) is 13.4. The van der Waals surface area contributed by atoms with Gasteiger partial charge in [-0.05, 0) is 49.3 Å². The van der Waals surface area contributed by atoms with Crippen molar-refractivity contribution in [2.45, 2.75) is 95.4 Å². The molecular weight excluding hydrogens is 710 g/mol. The minimum Gasteiger partial charge on any atom is -0.445 e. The summed E-state index contributed by atoms with van der Waals surface area (Å²) in [5.41, 5.74) is 5.98. The summed E-state index contributed by atoms with van der Waals surface area (Å²) in [6.45, 7) is 2.60. The van der Waals surface area contributed by atoms with Gasteiger partial charge in [-0.1, -0.05) is 32.4 Å². The highest BCUT2D eigenvalue weighted by Crippen LogP contribution is 2.21. The van der Waals surface area contributed by atoms with Crippen LogP contribution in [0.15, 0.2) is 36.4 Å². The van der Waals surface area contributed by atoms with Crippen molar-refractivity contribution in [1.82, 2.24) is 25.8 Å². The lowest BCUT2D eigenvalue weighted by atomic mass is 9.95. The number of nitrogens with one attached hydrogen (secondary N) is 4. The quantitative estimate of drug-likeness (QED) is 0.0580. The van der Waals surface area contributed by atoms with Gasteiger partial charge in [0, 0.05) is 37.3 Å². The van der Waals surface area contributed by atoms with Crippen molar-refractivity contribution in [2.75, 3.05) is 31.6 Å². The standard InChI is InChI=1S/C35H51N7O12/c1-20(2)29(40-26(45)8-4-3-5-16-41-27(46)13-14-28(41)47)33(51)39-23(7-6-15-37-34(36)52)32(50)38-22-11-9-21(10-12-22)19-54-35(53)42-17-25(44)31(49)30(48)24(42)18-43/h9-14,20,23-25,29-31,43-44,48-49H,3-8,15-19H2,1-2H3,(H,38,50)(H,39,51)(H,40,45)(H3,36,37,52)/t23?,24-,25-,29?,30-,31-/m1/s1. The van der Waals surface area contributed by atoms with E-state index in [2.05, 4.69) is 21.3 Å². The lowest BCUT2D eigenvalue weighted by molar-refractivity contribution is -0.138. The van der Waals surface area contributed by atoms with Crippen molar-refractivity contribution in [3.05, 3.63) is 42.0 Å². The van der Waals surface area contributed by atoms with Crippen LogP contribution in [0.1, 0.15) is 57.9 Å². The van der Waals surface area contributed by atoms with Crippen LogP contribution in [0, 0.1) is 5.92 Å². The van der Waals surface area contributed by atoms with Crippen molar-refractivity contribution in [3.8, 4) is 0 Å². The highest BCUT2D eigenvalue weighted by Gasteiger charge is 2.43. The molecule has 2 aliphatic rings. The number of nitrogens with two attached hydrogens (primary N) is 1. The Morgan fingerprint density at radius 2 is 1.57 bits per heavy atom. The zero-order valence-electron chi connectivity index (χ0n) is 30.3. The van der Waals surface area contributed by atoms with E-state index in [1.165, 1.54) is 24.3 Å². The smallest absolute Gasteiger partial charge is 0.410 e. The average Bonchev–Trinajstić information content (AvgIpc) is 3.45. The molecule has 19 nitrogen and oxygen atoms in total. The molecule has 0 spiro atoms. The number of hydrogen-bond donors (Lipinski definition) is 9. The molecule has 1 aromatic carbocycles. The summed E-state index contributed by atoms with van der Waals surface area (Å²) in [7, 11) is 0. The average molecular weight is 762 g/mol. The number of likely N-dealkylation sites (tertiary alicyclic amines) is 1. The summed E-state index contributed by atoms with van der Waals surface area (Å²) in [5.74, 6) is -2.64. The van der Waals surface area contributed by atoms with E-state index >= 15 is 0 Å². The number of anilines is 1. The number of piperidine rings is 1. The first kappa shape index (κ1) is 43.3. The number of benzene rings is 1. The van der Waals surface area contributed by atoms with Crippen LogP contribution in [0.25, 0.3) is 0 Å². The Bertz CT molecular complexity index is 1500. The molecule has 2 aliphatic heterocycles. The zero-order valence-corrected chi connectivity index (χ0v) is 30.3. The number of carbonyl (C=O) groups excluding carboxylic acids is 7. The Balaban J connectivity index is 1.55. The highest BCUT2D eigenvalue weighted by molar-refractivity contribution is 6.12. The molecule has 10 N–H and O–H groups in total. The van der Waals surface area contributed by atoms with Crippen LogP contribution in [0.2, 0.25) is 0 Å². The minimum atomic E-state index is -1.58. The monoisotopic (exact) mass is 761 g/mol. The number of aliphatic hydroxyl groups excluding tert-OH is 4. The summed E-state index contributed by atoms with van der Waals surface area (Å²) in [5, 5.41) is 50.1. The van der Waals surface area contributed by atoms with E-state index in [-0.39, 0.29) is 69.1 Å². The van der Waals surface area contributed by atoms with Gasteiger partial charge in [-0.25, -0.2) is 9.59 Å². The number of aliphatic hydroxyl groups is 4. The van der Waals surface area contributed by atoms with E-state index in [1.807, 2.05) is 0 Å². The van der Waals surface area contributed by atoms with Crippen molar-refractivity contribution in [1.29, 1.82) is 0 Å². The molecule has 3 rings (SSSR count). The molecule has 0 aromatic heterocycles. The third-order valence-electron chi connectivity index (χ3n) is 8.98. The number of carbonyl (C=O) groups is 7. The Hall–Kier alpha value is -5.11. The van der Waals surface area contributed by atoms with Crippen LogP contribution in [0.5, 0.6) is 0 Å². The first-order chi connectivity index (χ1) is 25.6. The maximum atomic E-state index is 13.4. The van der Waals surface area contributed by atoms with Crippen molar-refractivity contribution >= 4 is 47.3 Å². The molecule has 2 unspecified atom stereocenters. The topological polar surface area (TPSA) is 290 Å². The van der Waals surface area contributed by atoms with Gasteiger partial charge < -0.3 is 52.2 Å². The van der Waals surface area contributed by atoms with E-state index < -0.39 is 67.0 Å². The molecule has 6 atom stereocenters. The van der Waals surface area contributed by atoms with E-state index in [4.69, 9.17) is 10.5 Å². The lowest BCUT2D eigenvalue weighted by Gasteiger charge is -2.42. The fourth-order valence-corrected chi connectivity index (χ4v) is 5.86. The predicted octanol–water partition coefficient (Wildman–Crippen LogP) is -1.42. The Labute approximate surface area is 312 Å². The number of primary amides is 1. The van der Waals surface area contributed by atoms with Gasteiger partial charge in [0.25, 0.3) is 11.8 Å². The molecule has 2 heterocycles. The Morgan fingerprint density at radius 3 is 2.19 bits per heavy atom. The molecule has 8 amide bonds. The molecule has 19 heteroatoms. The second-order valence-electron chi connectivity index (χ2n) is 13.4. The number of ether oxygens (including phenoxy) is 1. The maximum absolute atomic E-state index is 13.4. The molecular formula is C35H51N7O12. The zero-order chi connectivity index (χ0) is 39.9. The summed E-state index contributed by atoms with van der Waals surface area (Å²) >= 11 is 0. The molecule has 0 saturated carbocycles. The molecule has 0 radical (unpaired) electrons. The predicted molar refractivity (Wildman–Crippen MR) is 191 cm³/mol. The van der Waals surface area contributed by atoms with Crippen LogP contribution in [-0.4, -0.2) is 135 Å². The van der Waals surface area contributed by atoms with E-state index in [0.717, 1.165) is 9.80 Å². The SMILES string of the molecule is CC(C)C(NC(=O)CCCCCN1C(=O)C=CC1=O)C(=O)NC(CCCNC(N)=O)C(=O)Nc1ccc(COC(=O)N2C[C@@H](O)[C@@H](O)[C@H](O)[C@H]2CO)cc1. The molecule has 298 valence electrons. The van der Waals surface area contributed by atoms with Gasteiger partial charge in [0.05, 0.1) is 19.2 Å². The number of nitrogens with zero attached hydrogens (tertiary/aromatic N) is 2. The Morgan fingerprint density at radius 1 is 0.907 bits per heavy atom. The Kier molecular flexibility index (Phi) is 16.8. The fraction of sp³-hybridized carbons (Fsp3) is 0.571. The summed E-state index contributed by atoms with van der Waals surface area (Å²) in [6.07, 6.45) is -1.02. The van der Waals surface area contributed by atoms with Crippen LogP contribution in [0.3, 0.4) is 0 Å². The van der Waals surface area contributed by atoms with E-state index in [1.54, 1.807) is 26.0 Å². The van der Waals surface area contributed by atoms with Crippen LogP contribution >= 0.6 is 0 Å².